The highest BCUT2D eigenvalue weighted by Crippen LogP contribution is 2.17. The highest BCUT2D eigenvalue weighted by molar-refractivity contribution is 7.84. The van der Waals surface area contributed by atoms with Crippen molar-refractivity contribution in [2.24, 2.45) is 0 Å². The fourth-order valence-electron chi connectivity index (χ4n) is 1.30. The van der Waals surface area contributed by atoms with E-state index in [1.807, 2.05) is 31.2 Å². The molecule has 0 amide bonds. The molecule has 86 valence electrons. The molecule has 1 aromatic heterocycles. The summed E-state index contributed by atoms with van der Waals surface area (Å²) in [6.45, 7) is 2.52. The highest BCUT2D eigenvalue weighted by Gasteiger charge is 2.08. The number of nitrogens with one attached hydrogen (secondary N) is 1. The molecular formula is C11H14N2O2S. The van der Waals surface area contributed by atoms with E-state index in [4.69, 9.17) is 4.42 Å². The van der Waals surface area contributed by atoms with Crippen LogP contribution in [0.2, 0.25) is 0 Å². The Morgan fingerprint density at radius 3 is 2.94 bits per heavy atom. The lowest BCUT2D eigenvalue weighted by molar-refractivity contribution is 0.613. The standard InChI is InChI=1S/C11H14N2O2S/c1-8(16(2)14)7-12-11-13-9-5-3-4-6-10(9)15-11/h3-6,8H,7H2,1-2H3,(H,12,13). The maximum Gasteiger partial charge on any atom is 0.295 e. The molecule has 1 aromatic carbocycles. The number of rotatable bonds is 4. The molecule has 0 aliphatic carbocycles. The van der Waals surface area contributed by atoms with E-state index in [2.05, 4.69) is 10.3 Å². The van der Waals surface area contributed by atoms with Crippen molar-refractivity contribution in [2.75, 3.05) is 18.1 Å². The van der Waals surface area contributed by atoms with E-state index < -0.39 is 10.8 Å². The average molecular weight is 238 g/mol. The zero-order chi connectivity index (χ0) is 11.5. The van der Waals surface area contributed by atoms with Gasteiger partial charge in [0.05, 0.1) is 0 Å². The van der Waals surface area contributed by atoms with Gasteiger partial charge in [-0.25, -0.2) is 0 Å². The number of anilines is 1. The number of hydrogen-bond acceptors (Lipinski definition) is 4. The lowest BCUT2D eigenvalue weighted by atomic mass is 10.3. The molecule has 2 atom stereocenters. The van der Waals surface area contributed by atoms with Gasteiger partial charge in [0.2, 0.25) is 0 Å². The summed E-state index contributed by atoms with van der Waals surface area (Å²) in [7, 11) is -0.834. The molecular weight excluding hydrogens is 224 g/mol. The molecule has 0 fully saturated rings. The molecule has 0 aliphatic heterocycles. The van der Waals surface area contributed by atoms with Crippen molar-refractivity contribution >= 4 is 27.9 Å². The van der Waals surface area contributed by atoms with E-state index in [-0.39, 0.29) is 5.25 Å². The molecule has 1 N–H and O–H groups in total. The number of hydrogen-bond donors (Lipinski definition) is 1. The van der Waals surface area contributed by atoms with Crippen molar-refractivity contribution < 1.29 is 8.63 Å². The number of benzene rings is 1. The largest absolute Gasteiger partial charge is 0.424 e. The fourth-order valence-corrected chi connectivity index (χ4v) is 1.61. The van der Waals surface area contributed by atoms with Crippen molar-refractivity contribution in [3.8, 4) is 0 Å². The van der Waals surface area contributed by atoms with Crippen molar-refractivity contribution in [3.63, 3.8) is 0 Å². The molecule has 2 unspecified atom stereocenters. The van der Waals surface area contributed by atoms with Crippen LogP contribution < -0.4 is 5.32 Å². The maximum atomic E-state index is 11.2. The number of para-hydroxylation sites is 2. The summed E-state index contributed by atoms with van der Waals surface area (Å²) >= 11 is 0. The van der Waals surface area contributed by atoms with Gasteiger partial charge in [0, 0.05) is 28.9 Å². The van der Waals surface area contributed by atoms with Crippen LogP contribution in [0.25, 0.3) is 11.1 Å². The number of nitrogens with zero attached hydrogens (tertiary/aromatic N) is 1. The van der Waals surface area contributed by atoms with Gasteiger partial charge in [-0.1, -0.05) is 12.1 Å². The molecule has 2 rings (SSSR count). The van der Waals surface area contributed by atoms with E-state index in [9.17, 15) is 4.21 Å². The molecule has 4 nitrogen and oxygen atoms in total. The van der Waals surface area contributed by atoms with Gasteiger partial charge in [-0.3, -0.25) is 4.21 Å². The van der Waals surface area contributed by atoms with Crippen LogP contribution in [-0.4, -0.2) is 27.2 Å². The Kier molecular flexibility index (Phi) is 3.24. The first-order valence-electron chi connectivity index (χ1n) is 5.08. The minimum atomic E-state index is -0.834. The topological polar surface area (TPSA) is 55.1 Å². The predicted octanol–water partition coefficient (Wildman–Crippen LogP) is 2.01. The molecule has 0 saturated heterocycles. The van der Waals surface area contributed by atoms with E-state index in [0.29, 0.717) is 12.6 Å². The van der Waals surface area contributed by atoms with E-state index >= 15 is 0 Å². The zero-order valence-corrected chi connectivity index (χ0v) is 10.1. The Bertz CT molecular complexity index is 476. The first kappa shape index (κ1) is 11.1. The van der Waals surface area contributed by atoms with Crippen LogP contribution in [0.3, 0.4) is 0 Å². The second-order valence-corrected chi connectivity index (χ2v) is 5.48. The van der Waals surface area contributed by atoms with Gasteiger partial charge >= 0.3 is 0 Å². The Balaban J connectivity index is 2.07. The normalized spacial score (nSPS) is 14.9. The van der Waals surface area contributed by atoms with Gasteiger partial charge in [-0.2, -0.15) is 4.98 Å². The Labute approximate surface area is 96.5 Å². The van der Waals surface area contributed by atoms with Crippen LogP contribution in [0.4, 0.5) is 6.01 Å². The van der Waals surface area contributed by atoms with Crippen molar-refractivity contribution in [3.05, 3.63) is 24.3 Å². The van der Waals surface area contributed by atoms with Crippen LogP contribution in [0.1, 0.15) is 6.92 Å². The smallest absolute Gasteiger partial charge is 0.295 e. The van der Waals surface area contributed by atoms with Gasteiger partial charge in [0.25, 0.3) is 6.01 Å². The first-order valence-corrected chi connectivity index (χ1v) is 6.70. The van der Waals surface area contributed by atoms with E-state index in [1.165, 1.54) is 0 Å². The van der Waals surface area contributed by atoms with Crippen LogP contribution in [-0.2, 0) is 10.8 Å². The minimum absolute atomic E-state index is 0.0787. The Hall–Kier alpha value is -1.36. The number of fused-ring (bicyclic) bond motifs is 1. The summed E-state index contributed by atoms with van der Waals surface area (Å²) in [6, 6.07) is 8.07. The molecule has 16 heavy (non-hydrogen) atoms. The molecule has 5 heteroatoms. The van der Waals surface area contributed by atoms with Crippen LogP contribution >= 0.6 is 0 Å². The second kappa shape index (κ2) is 4.65. The van der Waals surface area contributed by atoms with E-state index in [0.717, 1.165) is 11.1 Å². The van der Waals surface area contributed by atoms with E-state index in [1.54, 1.807) is 6.26 Å². The third-order valence-corrected chi connectivity index (χ3v) is 3.70. The summed E-state index contributed by atoms with van der Waals surface area (Å²) in [5, 5.41) is 3.12. The number of aromatic nitrogens is 1. The van der Waals surface area contributed by atoms with Gasteiger partial charge in [0.15, 0.2) is 5.58 Å². The van der Waals surface area contributed by atoms with Crippen LogP contribution in [0.5, 0.6) is 0 Å². The van der Waals surface area contributed by atoms with Crippen LogP contribution in [0.15, 0.2) is 28.7 Å². The van der Waals surface area contributed by atoms with Gasteiger partial charge in [0.1, 0.15) is 5.52 Å². The SMILES string of the molecule is CC(CNc1nc2ccccc2o1)S(C)=O. The van der Waals surface area contributed by atoms with Crippen molar-refractivity contribution in [1.82, 2.24) is 4.98 Å². The summed E-state index contributed by atoms with van der Waals surface area (Å²) in [5.41, 5.74) is 1.59. The monoisotopic (exact) mass is 238 g/mol. The average Bonchev–Trinajstić information content (AvgIpc) is 2.68. The first-order chi connectivity index (χ1) is 7.66. The lowest BCUT2D eigenvalue weighted by Gasteiger charge is -2.07. The highest BCUT2D eigenvalue weighted by atomic mass is 32.2. The molecule has 0 saturated carbocycles. The van der Waals surface area contributed by atoms with Crippen molar-refractivity contribution in [2.45, 2.75) is 12.2 Å². The second-order valence-electron chi connectivity index (χ2n) is 3.68. The molecule has 0 bridgehead atoms. The molecule has 0 spiro atoms. The quantitative estimate of drug-likeness (QED) is 0.885. The predicted molar refractivity (Wildman–Crippen MR) is 66.0 cm³/mol. The Morgan fingerprint density at radius 1 is 1.50 bits per heavy atom. The molecule has 0 radical (unpaired) electrons. The van der Waals surface area contributed by atoms with Gasteiger partial charge in [-0.15, -0.1) is 0 Å². The summed E-state index contributed by atoms with van der Waals surface area (Å²) in [4.78, 5) is 4.27. The third kappa shape index (κ3) is 2.41. The number of oxazole rings is 1. The Morgan fingerprint density at radius 2 is 2.25 bits per heavy atom. The zero-order valence-electron chi connectivity index (χ0n) is 9.27. The van der Waals surface area contributed by atoms with Crippen molar-refractivity contribution in [1.29, 1.82) is 0 Å². The molecule has 2 aromatic rings. The van der Waals surface area contributed by atoms with Crippen LogP contribution in [0, 0.1) is 0 Å². The molecule has 0 aliphatic rings. The third-order valence-electron chi connectivity index (χ3n) is 2.40. The summed E-state index contributed by atoms with van der Waals surface area (Å²) in [6.07, 6.45) is 1.69. The lowest BCUT2D eigenvalue weighted by Crippen LogP contribution is -2.20. The van der Waals surface area contributed by atoms with Gasteiger partial charge < -0.3 is 9.73 Å². The molecule has 1 heterocycles. The maximum absolute atomic E-state index is 11.2. The fraction of sp³-hybridized carbons (Fsp3) is 0.364. The van der Waals surface area contributed by atoms with Gasteiger partial charge in [-0.05, 0) is 19.1 Å². The minimum Gasteiger partial charge on any atom is -0.424 e. The summed E-state index contributed by atoms with van der Waals surface area (Å²) < 4.78 is 16.6. The summed E-state index contributed by atoms with van der Waals surface area (Å²) in [5.74, 6) is 0.